The van der Waals surface area contributed by atoms with Crippen molar-refractivity contribution < 1.29 is 4.79 Å². The maximum atomic E-state index is 12.4. The van der Waals surface area contributed by atoms with Crippen molar-refractivity contribution in [3.8, 4) is 0 Å². The number of hydrogen-bond donors (Lipinski definition) is 2. The average Bonchev–Trinajstić information content (AvgIpc) is 2.49. The SMILES string of the molecule is Cl.Nc1ccc(NC(=O)C2CCC3CCCCC3C2)cn1. The summed E-state index contributed by atoms with van der Waals surface area (Å²) < 4.78 is 0. The molecule has 116 valence electrons. The summed E-state index contributed by atoms with van der Waals surface area (Å²) in [5.74, 6) is 2.46. The summed E-state index contributed by atoms with van der Waals surface area (Å²) in [6.07, 6.45) is 10.4. The fraction of sp³-hybridized carbons (Fsp3) is 0.625. The Morgan fingerprint density at radius 1 is 1.14 bits per heavy atom. The fourth-order valence-electron chi connectivity index (χ4n) is 3.84. The van der Waals surface area contributed by atoms with Gasteiger partial charge in [0.2, 0.25) is 5.91 Å². The van der Waals surface area contributed by atoms with Crippen molar-refractivity contribution in [2.24, 2.45) is 17.8 Å². The van der Waals surface area contributed by atoms with E-state index in [1.807, 2.05) is 6.07 Å². The summed E-state index contributed by atoms with van der Waals surface area (Å²) in [4.78, 5) is 16.4. The fourth-order valence-corrected chi connectivity index (χ4v) is 3.84. The molecule has 0 aliphatic heterocycles. The van der Waals surface area contributed by atoms with Gasteiger partial charge in [0.15, 0.2) is 0 Å². The van der Waals surface area contributed by atoms with Gasteiger partial charge in [-0.05, 0) is 43.2 Å². The lowest BCUT2D eigenvalue weighted by atomic mass is 9.67. The highest BCUT2D eigenvalue weighted by atomic mass is 35.5. The maximum Gasteiger partial charge on any atom is 0.227 e. The van der Waals surface area contributed by atoms with Crippen LogP contribution in [-0.4, -0.2) is 10.9 Å². The smallest absolute Gasteiger partial charge is 0.227 e. The Balaban J connectivity index is 0.00000161. The Bertz CT molecular complexity index is 477. The van der Waals surface area contributed by atoms with Crippen LogP contribution in [0.1, 0.15) is 44.9 Å². The largest absolute Gasteiger partial charge is 0.384 e. The van der Waals surface area contributed by atoms with Crippen LogP contribution in [0.4, 0.5) is 11.5 Å². The van der Waals surface area contributed by atoms with Gasteiger partial charge in [-0.15, -0.1) is 12.4 Å². The average molecular weight is 310 g/mol. The van der Waals surface area contributed by atoms with E-state index in [9.17, 15) is 4.79 Å². The van der Waals surface area contributed by atoms with Gasteiger partial charge >= 0.3 is 0 Å². The topological polar surface area (TPSA) is 68.0 Å². The molecule has 21 heavy (non-hydrogen) atoms. The van der Waals surface area contributed by atoms with Crippen molar-refractivity contribution in [1.29, 1.82) is 0 Å². The number of amides is 1. The minimum absolute atomic E-state index is 0. The number of nitrogen functional groups attached to an aromatic ring is 1. The zero-order valence-electron chi connectivity index (χ0n) is 12.3. The summed E-state index contributed by atoms with van der Waals surface area (Å²) in [7, 11) is 0. The van der Waals surface area contributed by atoms with Gasteiger partial charge in [-0.1, -0.05) is 25.7 Å². The number of carbonyl (C=O) groups is 1. The second-order valence-corrected chi connectivity index (χ2v) is 6.28. The van der Waals surface area contributed by atoms with Crippen molar-refractivity contribution in [3.05, 3.63) is 18.3 Å². The van der Waals surface area contributed by atoms with Crippen LogP contribution in [0.2, 0.25) is 0 Å². The first-order chi connectivity index (χ1) is 9.72. The molecule has 1 aromatic rings. The summed E-state index contributed by atoms with van der Waals surface area (Å²) in [5, 5.41) is 2.98. The zero-order valence-corrected chi connectivity index (χ0v) is 13.1. The van der Waals surface area contributed by atoms with Crippen molar-refractivity contribution in [3.63, 3.8) is 0 Å². The lowest BCUT2D eigenvalue weighted by Gasteiger charge is -2.38. The molecule has 1 heterocycles. The van der Waals surface area contributed by atoms with Gasteiger partial charge in [0.25, 0.3) is 0 Å². The van der Waals surface area contributed by atoms with Gasteiger partial charge in [-0.2, -0.15) is 0 Å². The molecule has 2 aliphatic rings. The van der Waals surface area contributed by atoms with Crippen LogP contribution in [0.15, 0.2) is 18.3 Å². The minimum atomic E-state index is 0. The molecule has 4 nitrogen and oxygen atoms in total. The number of rotatable bonds is 2. The molecule has 3 atom stereocenters. The maximum absolute atomic E-state index is 12.4. The van der Waals surface area contributed by atoms with Gasteiger partial charge < -0.3 is 11.1 Å². The lowest BCUT2D eigenvalue weighted by Crippen LogP contribution is -2.33. The van der Waals surface area contributed by atoms with Crippen molar-refractivity contribution in [1.82, 2.24) is 4.98 Å². The normalized spacial score (nSPS) is 28.1. The standard InChI is InChI=1S/C16H23N3O.ClH/c17-15-8-7-14(10-18-15)19-16(20)13-6-5-11-3-1-2-4-12(11)9-13;/h7-8,10-13H,1-6,9H2,(H2,17,18)(H,19,20);1H. The van der Waals surface area contributed by atoms with Crippen molar-refractivity contribution >= 4 is 29.8 Å². The third kappa shape index (κ3) is 3.88. The van der Waals surface area contributed by atoms with Gasteiger partial charge in [0.1, 0.15) is 5.82 Å². The molecule has 3 N–H and O–H groups in total. The Kier molecular flexibility index (Phi) is 5.45. The van der Waals surface area contributed by atoms with E-state index in [2.05, 4.69) is 10.3 Å². The van der Waals surface area contributed by atoms with Gasteiger partial charge in [0.05, 0.1) is 11.9 Å². The summed E-state index contributed by atoms with van der Waals surface area (Å²) in [6.45, 7) is 0. The van der Waals surface area contributed by atoms with Crippen LogP contribution >= 0.6 is 12.4 Å². The van der Waals surface area contributed by atoms with Crippen LogP contribution in [-0.2, 0) is 4.79 Å². The number of fused-ring (bicyclic) bond motifs is 1. The first kappa shape index (κ1) is 16.1. The molecule has 3 unspecified atom stereocenters. The van der Waals surface area contributed by atoms with E-state index in [0.29, 0.717) is 5.82 Å². The Hall–Kier alpha value is -1.29. The quantitative estimate of drug-likeness (QED) is 0.876. The Morgan fingerprint density at radius 3 is 2.62 bits per heavy atom. The van der Waals surface area contributed by atoms with E-state index in [4.69, 9.17) is 5.73 Å². The second-order valence-electron chi connectivity index (χ2n) is 6.28. The minimum Gasteiger partial charge on any atom is -0.384 e. The predicted octanol–water partition coefficient (Wildman–Crippen LogP) is 3.63. The van der Waals surface area contributed by atoms with E-state index in [1.165, 1.54) is 32.1 Å². The number of nitrogens with zero attached hydrogens (tertiary/aromatic N) is 1. The van der Waals surface area contributed by atoms with Crippen molar-refractivity contribution in [2.45, 2.75) is 44.9 Å². The second kappa shape index (κ2) is 7.12. The van der Waals surface area contributed by atoms with E-state index < -0.39 is 0 Å². The number of carbonyl (C=O) groups excluding carboxylic acids is 1. The number of halogens is 1. The molecular weight excluding hydrogens is 286 g/mol. The molecule has 0 saturated heterocycles. The highest BCUT2D eigenvalue weighted by Crippen LogP contribution is 2.42. The van der Waals surface area contributed by atoms with E-state index in [-0.39, 0.29) is 24.2 Å². The molecule has 5 heteroatoms. The van der Waals surface area contributed by atoms with Gasteiger partial charge in [-0.3, -0.25) is 4.79 Å². The Morgan fingerprint density at radius 2 is 1.90 bits per heavy atom. The van der Waals surface area contributed by atoms with E-state index >= 15 is 0 Å². The summed E-state index contributed by atoms with van der Waals surface area (Å²) >= 11 is 0. The van der Waals surface area contributed by atoms with Gasteiger partial charge in [-0.25, -0.2) is 4.98 Å². The zero-order chi connectivity index (χ0) is 13.9. The molecule has 1 aromatic heterocycles. The number of anilines is 2. The molecule has 2 saturated carbocycles. The number of pyridine rings is 1. The van der Waals surface area contributed by atoms with Crippen LogP contribution < -0.4 is 11.1 Å². The van der Waals surface area contributed by atoms with Gasteiger partial charge in [0, 0.05) is 5.92 Å². The van der Waals surface area contributed by atoms with E-state index in [1.54, 1.807) is 12.3 Å². The molecule has 2 fully saturated rings. The van der Waals surface area contributed by atoms with Crippen LogP contribution in [0.5, 0.6) is 0 Å². The number of aromatic nitrogens is 1. The molecule has 0 aromatic carbocycles. The number of nitrogens with two attached hydrogens (primary N) is 1. The number of nitrogens with one attached hydrogen (secondary N) is 1. The third-order valence-electron chi connectivity index (χ3n) is 4.96. The van der Waals surface area contributed by atoms with Crippen molar-refractivity contribution in [2.75, 3.05) is 11.1 Å². The summed E-state index contributed by atoms with van der Waals surface area (Å²) in [5.41, 5.74) is 6.30. The highest BCUT2D eigenvalue weighted by molar-refractivity contribution is 5.92. The molecule has 2 aliphatic carbocycles. The molecule has 0 spiro atoms. The highest BCUT2D eigenvalue weighted by Gasteiger charge is 2.34. The molecule has 1 amide bonds. The third-order valence-corrected chi connectivity index (χ3v) is 4.96. The monoisotopic (exact) mass is 309 g/mol. The Labute approximate surface area is 132 Å². The summed E-state index contributed by atoms with van der Waals surface area (Å²) in [6, 6.07) is 3.53. The first-order valence-corrected chi connectivity index (χ1v) is 7.75. The molecule has 0 radical (unpaired) electrons. The molecular formula is C16H24ClN3O. The first-order valence-electron chi connectivity index (χ1n) is 7.75. The lowest BCUT2D eigenvalue weighted by molar-refractivity contribution is -0.122. The van der Waals surface area contributed by atoms with Crippen LogP contribution in [0.3, 0.4) is 0 Å². The molecule has 0 bridgehead atoms. The number of hydrogen-bond acceptors (Lipinski definition) is 3. The predicted molar refractivity (Wildman–Crippen MR) is 87.3 cm³/mol. The van der Waals surface area contributed by atoms with E-state index in [0.717, 1.165) is 30.4 Å². The van der Waals surface area contributed by atoms with Crippen LogP contribution in [0, 0.1) is 17.8 Å². The van der Waals surface area contributed by atoms with Crippen LogP contribution in [0.25, 0.3) is 0 Å². The molecule has 3 rings (SSSR count).